The summed E-state index contributed by atoms with van der Waals surface area (Å²) >= 11 is 0. The third-order valence-electron chi connectivity index (χ3n) is 2.05. The van der Waals surface area contributed by atoms with Gasteiger partial charge in [-0.1, -0.05) is 13.8 Å². The predicted octanol–water partition coefficient (Wildman–Crippen LogP) is 1.02. The fourth-order valence-corrected chi connectivity index (χ4v) is 1.50. The van der Waals surface area contributed by atoms with Crippen LogP contribution in [0.4, 0.5) is 5.82 Å². The zero-order valence-corrected chi connectivity index (χ0v) is 10.5. The molecule has 0 saturated heterocycles. The van der Waals surface area contributed by atoms with Crippen LogP contribution in [-0.2, 0) is 13.0 Å². The molecule has 0 aromatic carbocycles. The average Bonchev–Trinajstić information content (AvgIpc) is 2.14. The third kappa shape index (κ3) is 4.12. The maximum atomic E-state index is 5.40. The fraction of sp³-hybridized carbons (Fsp3) is 0.636. The number of aromatic nitrogens is 2. The lowest BCUT2D eigenvalue weighted by Crippen LogP contribution is -2.17. The number of hydrogen-bond donors (Lipinski definition) is 2. The van der Waals surface area contributed by atoms with Crippen molar-refractivity contribution in [2.45, 2.75) is 26.8 Å². The van der Waals surface area contributed by atoms with Gasteiger partial charge in [-0.15, -0.1) is 0 Å². The minimum absolute atomic E-state index is 0.577. The molecule has 0 fully saturated rings. The largest absolute Gasteiger partial charge is 0.308 e. The van der Waals surface area contributed by atoms with E-state index in [0.717, 1.165) is 24.5 Å². The second-order valence-corrected chi connectivity index (χ2v) is 4.64. The highest BCUT2D eigenvalue weighted by atomic mass is 15.3. The van der Waals surface area contributed by atoms with Crippen molar-refractivity contribution < 1.29 is 0 Å². The molecule has 0 unspecified atom stereocenters. The molecule has 1 heterocycles. The van der Waals surface area contributed by atoms with Crippen LogP contribution in [0.3, 0.4) is 0 Å². The molecule has 3 N–H and O–H groups in total. The minimum Gasteiger partial charge on any atom is -0.308 e. The maximum absolute atomic E-state index is 5.40. The third-order valence-corrected chi connectivity index (χ3v) is 2.05. The van der Waals surface area contributed by atoms with Crippen LogP contribution in [-0.4, -0.2) is 29.0 Å². The Kier molecular flexibility index (Phi) is 4.64. The predicted molar refractivity (Wildman–Crippen MR) is 65.8 cm³/mol. The molecule has 1 aromatic heterocycles. The first kappa shape index (κ1) is 12.9. The Balaban J connectivity index is 2.91. The summed E-state index contributed by atoms with van der Waals surface area (Å²) in [5, 5.41) is 0. The van der Waals surface area contributed by atoms with E-state index in [1.54, 1.807) is 0 Å². The fourth-order valence-electron chi connectivity index (χ4n) is 1.50. The van der Waals surface area contributed by atoms with E-state index in [9.17, 15) is 0 Å². The average molecular weight is 223 g/mol. The van der Waals surface area contributed by atoms with Gasteiger partial charge in [-0.05, 0) is 26.4 Å². The van der Waals surface area contributed by atoms with Crippen molar-refractivity contribution >= 4 is 5.82 Å². The van der Waals surface area contributed by atoms with Gasteiger partial charge < -0.3 is 10.3 Å². The van der Waals surface area contributed by atoms with Crippen molar-refractivity contribution in [3.63, 3.8) is 0 Å². The van der Waals surface area contributed by atoms with Crippen LogP contribution < -0.4 is 11.3 Å². The molecule has 0 amide bonds. The van der Waals surface area contributed by atoms with E-state index in [1.807, 2.05) is 25.1 Å². The Labute approximate surface area is 97.0 Å². The molecule has 1 aromatic rings. The first-order chi connectivity index (χ1) is 7.51. The van der Waals surface area contributed by atoms with Crippen molar-refractivity contribution in [1.29, 1.82) is 0 Å². The zero-order valence-electron chi connectivity index (χ0n) is 10.5. The quantitative estimate of drug-likeness (QED) is 0.576. The molecule has 0 aliphatic heterocycles. The molecule has 0 atom stereocenters. The van der Waals surface area contributed by atoms with E-state index in [0.29, 0.717) is 11.7 Å². The second kappa shape index (κ2) is 5.77. The van der Waals surface area contributed by atoms with Crippen LogP contribution in [0.15, 0.2) is 6.07 Å². The second-order valence-electron chi connectivity index (χ2n) is 4.64. The maximum Gasteiger partial charge on any atom is 0.145 e. The molecule has 90 valence electrons. The summed E-state index contributed by atoms with van der Waals surface area (Å²) in [6.07, 6.45) is 0.942. The van der Waals surface area contributed by atoms with Gasteiger partial charge in [-0.2, -0.15) is 0 Å². The van der Waals surface area contributed by atoms with Crippen molar-refractivity contribution in [3.8, 4) is 0 Å². The summed E-state index contributed by atoms with van der Waals surface area (Å²) in [6.45, 7) is 5.06. The Bertz CT molecular complexity index is 307. The molecule has 0 aliphatic rings. The van der Waals surface area contributed by atoms with Gasteiger partial charge in [-0.3, -0.25) is 0 Å². The molecule has 0 bridgehead atoms. The number of rotatable bonds is 5. The van der Waals surface area contributed by atoms with Gasteiger partial charge in [0, 0.05) is 11.8 Å². The van der Waals surface area contributed by atoms with Crippen molar-refractivity contribution in [2.75, 3.05) is 19.5 Å². The lowest BCUT2D eigenvalue weighted by molar-refractivity contribution is 0.389. The van der Waals surface area contributed by atoms with E-state index >= 15 is 0 Å². The molecule has 0 spiro atoms. The van der Waals surface area contributed by atoms with E-state index in [2.05, 4.69) is 29.2 Å². The number of nitrogens with two attached hydrogens (primary N) is 1. The van der Waals surface area contributed by atoms with Crippen LogP contribution in [0, 0.1) is 5.92 Å². The summed E-state index contributed by atoms with van der Waals surface area (Å²) in [5.41, 5.74) is 3.62. The zero-order chi connectivity index (χ0) is 12.1. The Morgan fingerprint density at radius 1 is 1.38 bits per heavy atom. The van der Waals surface area contributed by atoms with Crippen molar-refractivity contribution in [3.05, 3.63) is 17.6 Å². The van der Waals surface area contributed by atoms with Gasteiger partial charge in [0.1, 0.15) is 11.6 Å². The van der Waals surface area contributed by atoms with Crippen molar-refractivity contribution in [2.24, 2.45) is 11.8 Å². The highest BCUT2D eigenvalue weighted by molar-refractivity contribution is 5.34. The number of nitrogen functional groups attached to an aromatic ring is 1. The topological polar surface area (TPSA) is 67.1 Å². The van der Waals surface area contributed by atoms with Crippen molar-refractivity contribution in [1.82, 2.24) is 14.9 Å². The molecule has 5 heteroatoms. The van der Waals surface area contributed by atoms with Gasteiger partial charge in [0.15, 0.2) is 0 Å². The van der Waals surface area contributed by atoms with Gasteiger partial charge in [0.05, 0.1) is 6.54 Å². The summed E-state index contributed by atoms with van der Waals surface area (Å²) < 4.78 is 0. The monoisotopic (exact) mass is 223 g/mol. The van der Waals surface area contributed by atoms with Gasteiger partial charge in [0.2, 0.25) is 0 Å². The summed E-state index contributed by atoms with van der Waals surface area (Å²) in [6, 6.07) is 1.90. The molecular formula is C11H21N5. The van der Waals surface area contributed by atoms with E-state index in [4.69, 9.17) is 5.84 Å². The van der Waals surface area contributed by atoms with Crippen LogP contribution in [0.25, 0.3) is 0 Å². The number of anilines is 1. The molecule has 5 nitrogen and oxygen atoms in total. The van der Waals surface area contributed by atoms with E-state index < -0.39 is 0 Å². The summed E-state index contributed by atoms with van der Waals surface area (Å²) in [5.74, 6) is 7.46. The molecule has 0 radical (unpaired) electrons. The summed E-state index contributed by atoms with van der Waals surface area (Å²) in [7, 11) is 3.99. The number of nitrogens with zero attached hydrogens (tertiary/aromatic N) is 3. The standard InChI is InChI=1S/C11H21N5/c1-8(2)5-9-6-10(15-12)14-11(13-9)7-16(3)4/h6,8H,5,7,12H2,1-4H3,(H,13,14,15). The van der Waals surface area contributed by atoms with E-state index in [-0.39, 0.29) is 0 Å². The highest BCUT2D eigenvalue weighted by Crippen LogP contribution is 2.11. The molecule has 16 heavy (non-hydrogen) atoms. The highest BCUT2D eigenvalue weighted by Gasteiger charge is 2.06. The first-order valence-electron chi connectivity index (χ1n) is 5.49. The van der Waals surface area contributed by atoms with Gasteiger partial charge in [-0.25, -0.2) is 15.8 Å². The van der Waals surface area contributed by atoms with Crippen LogP contribution in [0.2, 0.25) is 0 Å². The molecular weight excluding hydrogens is 202 g/mol. The Morgan fingerprint density at radius 3 is 2.56 bits per heavy atom. The lowest BCUT2D eigenvalue weighted by Gasteiger charge is -2.12. The Hall–Kier alpha value is -1.20. The number of nitrogens with one attached hydrogen (secondary N) is 1. The van der Waals surface area contributed by atoms with Crippen LogP contribution in [0.1, 0.15) is 25.4 Å². The summed E-state index contributed by atoms with van der Waals surface area (Å²) in [4.78, 5) is 10.9. The van der Waals surface area contributed by atoms with Crippen LogP contribution in [0.5, 0.6) is 0 Å². The van der Waals surface area contributed by atoms with Crippen LogP contribution >= 0.6 is 0 Å². The smallest absolute Gasteiger partial charge is 0.145 e. The Morgan fingerprint density at radius 2 is 2.06 bits per heavy atom. The number of hydrogen-bond acceptors (Lipinski definition) is 5. The number of hydrazine groups is 1. The minimum atomic E-state index is 0.577. The SMILES string of the molecule is CC(C)Cc1cc(NN)nc(CN(C)C)n1. The molecule has 0 aliphatic carbocycles. The van der Waals surface area contributed by atoms with E-state index in [1.165, 1.54) is 0 Å². The first-order valence-corrected chi connectivity index (χ1v) is 5.49. The molecule has 1 rings (SSSR count). The lowest BCUT2D eigenvalue weighted by atomic mass is 10.1. The molecule has 0 saturated carbocycles. The van der Waals surface area contributed by atoms with Gasteiger partial charge in [0.25, 0.3) is 0 Å². The normalized spacial score (nSPS) is 11.2. The van der Waals surface area contributed by atoms with Gasteiger partial charge >= 0.3 is 0 Å².